The molecule has 6 nitrogen and oxygen atoms in total. The molecule has 1 fully saturated rings. The van der Waals surface area contributed by atoms with E-state index in [1.165, 1.54) is 5.56 Å². The molecule has 35 heavy (non-hydrogen) atoms. The lowest BCUT2D eigenvalue weighted by molar-refractivity contribution is 0.0170. The summed E-state index contributed by atoms with van der Waals surface area (Å²) >= 11 is 12.6. The van der Waals surface area contributed by atoms with Crippen molar-refractivity contribution in [3.63, 3.8) is 0 Å². The van der Waals surface area contributed by atoms with E-state index in [-0.39, 0.29) is 11.7 Å². The number of hydrogen-bond acceptors (Lipinski definition) is 5. The van der Waals surface area contributed by atoms with E-state index in [4.69, 9.17) is 32.7 Å². The van der Waals surface area contributed by atoms with Crippen LogP contribution in [0.3, 0.4) is 0 Å². The van der Waals surface area contributed by atoms with Gasteiger partial charge in [0, 0.05) is 28.9 Å². The van der Waals surface area contributed by atoms with Gasteiger partial charge in [0.1, 0.15) is 28.9 Å². The molecule has 1 atom stereocenters. The van der Waals surface area contributed by atoms with Gasteiger partial charge in [-0.2, -0.15) is 5.10 Å². The van der Waals surface area contributed by atoms with Crippen molar-refractivity contribution >= 4 is 34.1 Å². The first-order valence-electron chi connectivity index (χ1n) is 12.0. The number of piperidine rings is 1. The molecule has 2 aromatic heterocycles. The Morgan fingerprint density at radius 2 is 1.83 bits per heavy atom. The SMILES string of the molecule is C[C@@H](Oc1ccc2[nH]nc(-c3ccc4c(c3)CCC3(CCNCC3)O4)c2c1)c1c(Cl)cncc1Cl. The zero-order valence-electron chi connectivity index (χ0n) is 19.4. The van der Waals surface area contributed by atoms with Crippen LogP contribution >= 0.6 is 23.2 Å². The average molecular weight is 509 g/mol. The molecule has 1 spiro atoms. The molecule has 2 N–H and O–H groups in total. The molecule has 0 radical (unpaired) electrons. The fraction of sp³-hybridized carbons (Fsp3) is 0.333. The number of aromatic nitrogens is 3. The van der Waals surface area contributed by atoms with Crippen LogP contribution < -0.4 is 14.8 Å². The van der Waals surface area contributed by atoms with E-state index < -0.39 is 0 Å². The topological polar surface area (TPSA) is 72.1 Å². The maximum absolute atomic E-state index is 6.53. The van der Waals surface area contributed by atoms with Gasteiger partial charge in [-0.25, -0.2) is 0 Å². The lowest BCUT2D eigenvalue weighted by atomic mass is 9.83. The number of aromatic amines is 1. The number of hydrogen-bond donors (Lipinski definition) is 2. The van der Waals surface area contributed by atoms with Gasteiger partial charge in [0.05, 0.1) is 15.6 Å². The van der Waals surface area contributed by atoms with Crippen LogP contribution in [-0.4, -0.2) is 33.9 Å². The summed E-state index contributed by atoms with van der Waals surface area (Å²) in [4.78, 5) is 4.02. The van der Waals surface area contributed by atoms with Crippen molar-refractivity contribution < 1.29 is 9.47 Å². The zero-order chi connectivity index (χ0) is 24.0. The van der Waals surface area contributed by atoms with Gasteiger partial charge in [-0.1, -0.05) is 23.2 Å². The van der Waals surface area contributed by atoms with E-state index in [1.807, 2.05) is 25.1 Å². The number of halogens is 2. The molecular weight excluding hydrogens is 483 g/mol. The summed E-state index contributed by atoms with van der Waals surface area (Å²) in [6.45, 7) is 3.97. The number of fused-ring (bicyclic) bond motifs is 2. The number of nitrogens with zero attached hydrogens (tertiary/aromatic N) is 2. The van der Waals surface area contributed by atoms with Crippen molar-refractivity contribution in [1.29, 1.82) is 0 Å². The molecule has 8 heteroatoms. The summed E-state index contributed by atoms with van der Waals surface area (Å²) in [7, 11) is 0. The van der Waals surface area contributed by atoms with Crippen molar-refractivity contribution in [2.45, 2.75) is 44.3 Å². The Bertz CT molecular complexity index is 1380. The maximum Gasteiger partial charge on any atom is 0.124 e. The molecule has 0 bridgehead atoms. The van der Waals surface area contributed by atoms with Gasteiger partial charge in [-0.3, -0.25) is 10.1 Å². The van der Waals surface area contributed by atoms with Crippen LogP contribution in [0.4, 0.5) is 0 Å². The van der Waals surface area contributed by atoms with E-state index >= 15 is 0 Å². The number of benzene rings is 2. The van der Waals surface area contributed by atoms with Gasteiger partial charge >= 0.3 is 0 Å². The quantitative estimate of drug-likeness (QED) is 0.328. The fourth-order valence-electron chi connectivity index (χ4n) is 5.26. The molecule has 6 rings (SSSR count). The molecule has 180 valence electrons. The first-order chi connectivity index (χ1) is 17.0. The van der Waals surface area contributed by atoms with Gasteiger partial charge in [0.15, 0.2) is 0 Å². The van der Waals surface area contributed by atoms with Gasteiger partial charge in [0.25, 0.3) is 0 Å². The van der Waals surface area contributed by atoms with E-state index in [1.54, 1.807) is 12.4 Å². The molecule has 2 aliphatic heterocycles. The van der Waals surface area contributed by atoms with Gasteiger partial charge in [0.2, 0.25) is 0 Å². The van der Waals surface area contributed by atoms with E-state index in [0.29, 0.717) is 15.8 Å². The third-order valence-corrected chi connectivity index (χ3v) is 7.77. The van der Waals surface area contributed by atoms with Crippen molar-refractivity contribution in [3.8, 4) is 22.8 Å². The second-order valence-corrected chi connectivity index (χ2v) is 10.2. The lowest BCUT2D eigenvalue weighted by Gasteiger charge is -2.41. The minimum atomic E-state index is -0.339. The highest BCUT2D eigenvalue weighted by molar-refractivity contribution is 6.35. The second-order valence-electron chi connectivity index (χ2n) is 9.41. The van der Waals surface area contributed by atoms with Crippen LogP contribution in [0.2, 0.25) is 10.0 Å². The maximum atomic E-state index is 6.53. The molecule has 0 unspecified atom stereocenters. The number of pyridine rings is 1. The highest BCUT2D eigenvalue weighted by Crippen LogP contribution is 2.41. The van der Waals surface area contributed by atoms with Gasteiger partial charge in [-0.05, 0) is 87.7 Å². The third-order valence-electron chi connectivity index (χ3n) is 7.17. The fourth-order valence-corrected chi connectivity index (χ4v) is 5.93. The highest BCUT2D eigenvalue weighted by atomic mass is 35.5. The van der Waals surface area contributed by atoms with Gasteiger partial charge in [-0.15, -0.1) is 0 Å². The number of ether oxygens (including phenoxy) is 2. The summed E-state index contributed by atoms with van der Waals surface area (Å²) < 4.78 is 12.8. The van der Waals surface area contributed by atoms with E-state index in [0.717, 1.165) is 72.2 Å². The number of H-pyrrole nitrogens is 1. The molecule has 2 aliphatic rings. The standard InChI is InChI=1S/C27H26Cl2N4O2/c1-16(25-21(28)14-31-15-22(25)29)34-19-3-4-23-20(13-19)26(33-32-23)18-2-5-24-17(12-18)6-7-27(35-24)8-10-30-11-9-27/h2-5,12-16,30H,6-11H2,1H3,(H,32,33)/t16-/m1/s1. The smallest absolute Gasteiger partial charge is 0.124 e. The molecule has 4 aromatic rings. The number of rotatable bonds is 4. The Morgan fingerprint density at radius 3 is 2.63 bits per heavy atom. The largest absolute Gasteiger partial charge is 0.487 e. The Labute approximate surface area is 214 Å². The zero-order valence-corrected chi connectivity index (χ0v) is 20.9. The summed E-state index contributed by atoms with van der Waals surface area (Å²) in [5, 5.41) is 13.2. The highest BCUT2D eigenvalue weighted by Gasteiger charge is 2.37. The normalized spacial score (nSPS) is 17.7. The Kier molecular flexibility index (Phi) is 5.83. The molecule has 2 aromatic carbocycles. The van der Waals surface area contributed by atoms with Crippen LogP contribution in [0, 0.1) is 0 Å². The Morgan fingerprint density at radius 1 is 1.03 bits per heavy atom. The summed E-state index contributed by atoms with van der Waals surface area (Å²) in [6, 6.07) is 12.3. The van der Waals surface area contributed by atoms with Crippen molar-refractivity contribution in [1.82, 2.24) is 20.5 Å². The van der Waals surface area contributed by atoms with Crippen LogP contribution in [0.25, 0.3) is 22.2 Å². The average Bonchev–Trinajstić information content (AvgIpc) is 3.27. The molecule has 1 saturated heterocycles. The summed E-state index contributed by atoms with van der Waals surface area (Å²) in [6.07, 6.45) is 7.02. The number of aryl methyl sites for hydroxylation is 1. The first-order valence-corrected chi connectivity index (χ1v) is 12.7. The van der Waals surface area contributed by atoms with Crippen LogP contribution in [0.15, 0.2) is 48.8 Å². The summed E-state index contributed by atoms with van der Waals surface area (Å²) in [5.41, 5.74) is 4.85. The molecule has 4 heterocycles. The van der Waals surface area contributed by atoms with Crippen molar-refractivity contribution in [2.75, 3.05) is 13.1 Å². The number of nitrogens with one attached hydrogen (secondary N) is 2. The second kappa shape index (κ2) is 9.01. The summed E-state index contributed by atoms with van der Waals surface area (Å²) in [5.74, 6) is 1.72. The Balaban J connectivity index is 1.29. The Hall–Kier alpha value is -2.80. The van der Waals surface area contributed by atoms with Gasteiger partial charge < -0.3 is 14.8 Å². The minimum absolute atomic E-state index is 0.0116. The van der Waals surface area contributed by atoms with Crippen molar-refractivity contribution in [3.05, 3.63) is 70.0 Å². The predicted molar refractivity (Wildman–Crippen MR) is 139 cm³/mol. The first kappa shape index (κ1) is 22.7. The molecule has 0 amide bonds. The van der Waals surface area contributed by atoms with Crippen LogP contribution in [0.1, 0.15) is 43.4 Å². The predicted octanol–water partition coefficient (Wildman–Crippen LogP) is 6.52. The van der Waals surface area contributed by atoms with Crippen molar-refractivity contribution in [2.24, 2.45) is 0 Å². The van der Waals surface area contributed by atoms with Crippen LogP contribution in [0.5, 0.6) is 11.5 Å². The molecule has 0 saturated carbocycles. The minimum Gasteiger partial charge on any atom is -0.487 e. The van der Waals surface area contributed by atoms with Crippen LogP contribution in [-0.2, 0) is 6.42 Å². The lowest BCUT2D eigenvalue weighted by Crippen LogP contribution is -2.48. The molecule has 0 aliphatic carbocycles. The molecular formula is C27H26Cl2N4O2. The monoisotopic (exact) mass is 508 g/mol. The van der Waals surface area contributed by atoms with E-state index in [2.05, 4.69) is 38.7 Å². The third kappa shape index (κ3) is 4.24. The van der Waals surface area contributed by atoms with E-state index in [9.17, 15) is 0 Å².